The Balaban J connectivity index is 2.06. The zero-order valence-electron chi connectivity index (χ0n) is 11.0. The predicted molar refractivity (Wildman–Crippen MR) is 70.4 cm³/mol. The second-order valence-corrected chi connectivity index (χ2v) is 4.96. The van der Waals surface area contributed by atoms with Gasteiger partial charge in [0.2, 0.25) is 5.91 Å². The van der Waals surface area contributed by atoms with Crippen molar-refractivity contribution in [3.8, 4) is 0 Å². The first-order valence-electron chi connectivity index (χ1n) is 6.62. The summed E-state index contributed by atoms with van der Waals surface area (Å²) in [5, 5.41) is 5.78. The van der Waals surface area contributed by atoms with Crippen LogP contribution >= 0.6 is 0 Å². The molecule has 1 fully saturated rings. The SMILES string of the molecule is O=C(Nc1ccccc1CC(F)(F)F)C1CCNCC1. The normalized spacial score (nSPS) is 16.9. The molecule has 3 nitrogen and oxygen atoms in total. The molecule has 110 valence electrons. The van der Waals surface area contributed by atoms with E-state index in [1.807, 2.05) is 0 Å². The molecule has 1 heterocycles. The molecule has 0 atom stereocenters. The highest BCUT2D eigenvalue weighted by Crippen LogP contribution is 2.26. The number of hydrogen-bond donors (Lipinski definition) is 2. The molecule has 0 aliphatic carbocycles. The summed E-state index contributed by atoms with van der Waals surface area (Å²) in [4.78, 5) is 12.1. The van der Waals surface area contributed by atoms with Gasteiger partial charge in [-0.2, -0.15) is 13.2 Å². The zero-order valence-corrected chi connectivity index (χ0v) is 11.0. The fraction of sp³-hybridized carbons (Fsp3) is 0.500. The van der Waals surface area contributed by atoms with Crippen molar-refractivity contribution in [2.45, 2.75) is 25.4 Å². The van der Waals surface area contributed by atoms with Crippen LogP contribution in [0.25, 0.3) is 0 Å². The summed E-state index contributed by atoms with van der Waals surface area (Å²) in [7, 11) is 0. The van der Waals surface area contributed by atoms with Gasteiger partial charge in [0.05, 0.1) is 6.42 Å². The van der Waals surface area contributed by atoms with Crippen molar-refractivity contribution in [3.63, 3.8) is 0 Å². The summed E-state index contributed by atoms with van der Waals surface area (Å²) in [6.45, 7) is 1.53. The van der Waals surface area contributed by atoms with Crippen LogP contribution in [0, 0.1) is 5.92 Å². The highest BCUT2D eigenvalue weighted by Gasteiger charge is 2.29. The fourth-order valence-corrected chi connectivity index (χ4v) is 2.33. The van der Waals surface area contributed by atoms with Crippen LogP contribution in [0.1, 0.15) is 18.4 Å². The van der Waals surface area contributed by atoms with Gasteiger partial charge >= 0.3 is 6.18 Å². The Kier molecular flexibility index (Phi) is 4.65. The first kappa shape index (κ1) is 14.8. The van der Waals surface area contributed by atoms with E-state index < -0.39 is 12.6 Å². The number of rotatable bonds is 3. The van der Waals surface area contributed by atoms with Gasteiger partial charge in [-0.05, 0) is 37.6 Å². The van der Waals surface area contributed by atoms with E-state index in [1.165, 1.54) is 12.1 Å². The van der Waals surface area contributed by atoms with Crippen LogP contribution in [0.15, 0.2) is 24.3 Å². The third-order valence-corrected chi connectivity index (χ3v) is 3.38. The molecule has 2 rings (SSSR count). The van der Waals surface area contributed by atoms with Crippen LogP contribution in [-0.4, -0.2) is 25.2 Å². The van der Waals surface area contributed by atoms with Gasteiger partial charge in [-0.25, -0.2) is 0 Å². The van der Waals surface area contributed by atoms with Gasteiger partial charge in [0.25, 0.3) is 0 Å². The summed E-state index contributed by atoms with van der Waals surface area (Å²) in [6, 6.07) is 6.07. The molecular formula is C14H17F3N2O. The average molecular weight is 286 g/mol. The van der Waals surface area contributed by atoms with Gasteiger partial charge in [0.1, 0.15) is 0 Å². The third kappa shape index (κ3) is 4.23. The number of piperidine rings is 1. The predicted octanol–water partition coefficient (Wildman–Crippen LogP) is 2.73. The van der Waals surface area contributed by atoms with Crippen molar-refractivity contribution in [2.75, 3.05) is 18.4 Å². The zero-order chi connectivity index (χ0) is 14.6. The minimum Gasteiger partial charge on any atom is -0.326 e. The first-order valence-corrected chi connectivity index (χ1v) is 6.62. The molecule has 1 amide bonds. The minimum absolute atomic E-state index is 0.0993. The van der Waals surface area contributed by atoms with Gasteiger partial charge in [-0.3, -0.25) is 4.79 Å². The van der Waals surface area contributed by atoms with Gasteiger partial charge < -0.3 is 10.6 Å². The lowest BCUT2D eigenvalue weighted by Gasteiger charge is -2.22. The maximum Gasteiger partial charge on any atom is 0.393 e. The fourth-order valence-electron chi connectivity index (χ4n) is 2.33. The molecule has 1 aromatic rings. The van der Waals surface area contributed by atoms with Gasteiger partial charge in [0.15, 0.2) is 0 Å². The lowest BCUT2D eigenvalue weighted by molar-refractivity contribution is -0.127. The lowest BCUT2D eigenvalue weighted by atomic mass is 9.97. The largest absolute Gasteiger partial charge is 0.393 e. The average Bonchev–Trinajstić information content (AvgIpc) is 2.40. The van der Waals surface area contributed by atoms with Crippen LogP contribution in [0.2, 0.25) is 0 Å². The minimum atomic E-state index is -4.28. The standard InChI is InChI=1S/C14H17F3N2O/c15-14(16,17)9-11-3-1-2-4-12(11)19-13(20)10-5-7-18-8-6-10/h1-4,10,18H,5-9H2,(H,19,20). The summed E-state index contributed by atoms with van der Waals surface area (Å²) >= 11 is 0. The first-order chi connectivity index (χ1) is 9.46. The molecule has 0 bridgehead atoms. The molecule has 2 N–H and O–H groups in total. The maximum absolute atomic E-state index is 12.5. The summed E-state index contributed by atoms with van der Waals surface area (Å²) in [6.07, 6.45) is -3.88. The molecule has 0 saturated carbocycles. The number of para-hydroxylation sites is 1. The Hall–Kier alpha value is -1.56. The van der Waals surface area contributed by atoms with Gasteiger partial charge in [0, 0.05) is 11.6 Å². The quantitative estimate of drug-likeness (QED) is 0.897. The second-order valence-electron chi connectivity index (χ2n) is 4.96. The molecular weight excluding hydrogens is 269 g/mol. The van der Waals surface area contributed by atoms with E-state index >= 15 is 0 Å². The molecule has 0 spiro atoms. The highest BCUT2D eigenvalue weighted by molar-refractivity contribution is 5.93. The Morgan fingerprint density at radius 1 is 1.25 bits per heavy atom. The van der Waals surface area contributed by atoms with Crippen molar-refractivity contribution in [1.29, 1.82) is 0 Å². The molecule has 1 saturated heterocycles. The molecule has 6 heteroatoms. The molecule has 0 radical (unpaired) electrons. The number of carbonyl (C=O) groups excluding carboxylic acids is 1. The van der Waals surface area contributed by atoms with Crippen molar-refractivity contribution in [1.82, 2.24) is 5.32 Å². The lowest BCUT2D eigenvalue weighted by Crippen LogP contribution is -2.34. The number of nitrogens with one attached hydrogen (secondary N) is 2. The molecule has 0 unspecified atom stereocenters. The highest BCUT2D eigenvalue weighted by atomic mass is 19.4. The molecule has 1 aromatic carbocycles. The van der Waals surface area contributed by atoms with Crippen LogP contribution in [-0.2, 0) is 11.2 Å². The molecule has 1 aliphatic heterocycles. The second kappa shape index (κ2) is 6.26. The van der Waals surface area contributed by atoms with E-state index in [9.17, 15) is 18.0 Å². The number of benzene rings is 1. The molecule has 20 heavy (non-hydrogen) atoms. The number of carbonyl (C=O) groups is 1. The Morgan fingerprint density at radius 2 is 1.90 bits per heavy atom. The van der Waals surface area contributed by atoms with Crippen molar-refractivity contribution >= 4 is 11.6 Å². The number of amides is 1. The van der Waals surface area contributed by atoms with Crippen molar-refractivity contribution in [3.05, 3.63) is 29.8 Å². The maximum atomic E-state index is 12.5. The topological polar surface area (TPSA) is 41.1 Å². The van der Waals surface area contributed by atoms with Crippen LogP contribution in [0.3, 0.4) is 0 Å². The van der Waals surface area contributed by atoms with Crippen LogP contribution < -0.4 is 10.6 Å². The van der Waals surface area contributed by atoms with E-state index in [1.54, 1.807) is 12.1 Å². The number of hydrogen-bond acceptors (Lipinski definition) is 2. The summed E-state index contributed by atoms with van der Waals surface area (Å²) in [5.41, 5.74) is 0.357. The van der Waals surface area contributed by atoms with Crippen molar-refractivity contribution in [2.24, 2.45) is 5.92 Å². The Morgan fingerprint density at radius 3 is 2.55 bits per heavy atom. The number of alkyl halides is 3. The number of anilines is 1. The van der Waals surface area contributed by atoms with Crippen molar-refractivity contribution < 1.29 is 18.0 Å². The van der Waals surface area contributed by atoms with E-state index in [0.717, 1.165) is 13.1 Å². The Labute approximate surface area is 115 Å². The monoisotopic (exact) mass is 286 g/mol. The van der Waals surface area contributed by atoms with Crippen LogP contribution in [0.5, 0.6) is 0 Å². The third-order valence-electron chi connectivity index (χ3n) is 3.38. The molecule has 1 aliphatic rings. The summed E-state index contributed by atoms with van der Waals surface area (Å²) in [5.74, 6) is -0.323. The van der Waals surface area contributed by atoms with Gasteiger partial charge in [-0.1, -0.05) is 18.2 Å². The summed E-state index contributed by atoms with van der Waals surface area (Å²) < 4.78 is 37.5. The van der Waals surface area contributed by atoms with E-state index in [4.69, 9.17) is 0 Å². The molecule has 0 aromatic heterocycles. The van der Waals surface area contributed by atoms with E-state index in [2.05, 4.69) is 10.6 Å². The Bertz CT molecular complexity index is 468. The smallest absolute Gasteiger partial charge is 0.326 e. The number of halogens is 3. The van der Waals surface area contributed by atoms with E-state index in [-0.39, 0.29) is 23.1 Å². The van der Waals surface area contributed by atoms with E-state index in [0.29, 0.717) is 12.8 Å². The van der Waals surface area contributed by atoms with Crippen LogP contribution in [0.4, 0.5) is 18.9 Å². The van der Waals surface area contributed by atoms with Gasteiger partial charge in [-0.15, -0.1) is 0 Å².